The van der Waals surface area contributed by atoms with Crippen molar-refractivity contribution in [3.8, 4) is 0 Å². The molecule has 0 fully saturated rings. The van der Waals surface area contributed by atoms with Gasteiger partial charge < -0.3 is 0 Å². The Bertz CT molecular complexity index is 114. The van der Waals surface area contributed by atoms with Gasteiger partial charge in [0.1, 0.15) is 0 Å². The van der Waals surface area contributed by atoms with Crippen LogP contribution >= 0.6 is 10.2 Å². The van der Waals surface area contributed by atoms with Crippen LogP contribution in [0.5, 0.6) is 0 Å². The Hall–Kier alpha value is -0.0700. The molecule has 0 radical (unpaired) electrons. The Morgan fingerprint density at radius 3 is 1.11 bits per heavy atom. The molecule has 0 aliphatic carbocycles. The molecule has 1 unspecified atom stereocenters. The van der Waals surface area contributed by atoms with Crippen LogP contribution in [0.4, 0.5) is 23.8 Å². The molecule has 0 nitrogen and oxygen atoms in total. The first-order valence-electron chi connectivity index (χ1n) is 1.80. The Morgan fingerprint density at radius 2 is 1.11 bits per heavy atom. The molecule has 0 spiro atoms. The Balaban J connectivity index is 4.76. The molecular weight excluding hydrogens is 170 g/mol. The third-order valence-electron chi connectivity index (χ3n) is 0.614. The molecule has 0 aliphatic heterocycles. The molecule has 0 amide bonds. The van der Waals surface area contributed by atoms with Crippen molar-refractivity contribution in [3.63, 3.8) is 0 Å². The summed E-state index contributed by atoms with van der Waals surface area (Å²) in [6, 6.07) is 0. The van der Waals surface area contributed by atoms with E-state index in [0.717, 1.165) is 0 Å². The lowest BCUT2D eigenvalue weighted by Gasteiger charge is -2.41. The van der Waals surface area contributed by atoms with E-state index < -0.39 is 15.7 Å². The Kier molecular flexibility index (Phi) is 1.18. The molecule has 60 valence electrons. The number of alkyl halides is 1. The molecule has 0 aromatic rings. The van der Waals surface area contributed by atoms with Gasteiger partial charge >= 0.3 is 10.2 Å². The number of hydrogen-bond acceptors (Lipinski definition) is 0. The molecule has 9 heavy (non-hydrogen) atoms. The smallest absolute Gasteiger partial charge is 0.226 e. The number of hydrogen-bond donors (Lipinski definition) is 0. The van der Waals surface area contributed by atoms with Crippen molar-refractivity contribution >= 4 is 10.2 Å². The van der Waals surface area contributed by atoms with E-state index in [9.17, 15) is 23.8 Å². The van der Waals surface area contributed by atoms with Crippen LogP contribution in [0.3, 0.4) is 0 Å². The topological polar surface area (TPSA) is 0 Å². The number of rotatable bonds is 1. The van der Waals surface area contributed by atoms with E-state index in [1.54, 1.807) is 0 Å². The third kappa shape index (κ3) is 2.83. The zero-order chi connectivity index (χ0) is 7.99. The maximum atomic E-state index is 11.2. The molecule has 0 N–H and O–H groups in total. The molecular formula is C2H4F6S. The van der Waals surface area contributed by atoms with Gasteiger partial charge in [-0.15, -0.1) is 0 Å². The summed E-state index contributed by atoms with van der Waals surface area (Å²) < 4.78 is 66.0. The van der Waals surface area contributed by atoms with E-state index in [-0.39, 0.29) is 6.92 Å². The van der Waals surface area contributed by atoms with Gasteiger partial charge in [0.25, 0.3) is 0 Å². The summed E-state index contributed by atoms with van der Waals surface area (Å²) in [5.41, 5.74) is -4.02. The standard InChI is InChI=1S/C2H4F6S/c1-2(3)9(4,5,6,7)8/h2H,1H3. The molecule has 0 aliphatic rings. The van der Waals surface area contributed by atoms with Gasteiger partial charge in [0.05, 0.1) is 0 Å². The minimum Gasteiger partial charge on any atom is -0.226 e. The van der Waals surface area contributed by atoms with Gasteiger partial charge in [-0.05, 0) is 6.92 Å². The second kappa shape index (κ2) is 1.18. The molecule has 1 atom stereocenters. The van der Waals surface area contributed by atoms with E-state index in [2.05, 4.69) is 0 Å². The van der Waals surface area contributed by atoms with Gasteiger partial charge in [-0.25, -0.2) is 4.39 Å². The zero-order valence-electron chi connectivity index (χ0n) is 4.25. The van der Waals surface area contributed by atoms with Crippen molar-refractivity contribution < 1.29 is 23.8 Å². The predicted octanol–water partition coefficient (Wildman–Crippen LogP) is 3.60. The van der Waals surface area contributed by atoms with Crippen LogP contribution in [0.2, 0.25) is 0 Å². The Morgan fingerprint density at radius 1 is 1.00 bits per heavy atom. The summed E-state index contributed by atoms with van der Waals surface area (Å²) in [5.74, 6) is 0. The van der Waals surface area contributed by atoms with Gasteiger partial charge in [-0.3, -0.25) is 0 Å². The lowest BCUT2D eigenvalue weighted by atomic mass is 10.9. The first-order chi connectivity index (χ1) is 3.43. The molecule has 0 saturated heterocycles. The van der Waals surface area contributed by atoms with Crippen molar-refractivity contribution in [2.45, 2.75) is 12.4 Å². The first kappa shape index (κ1) is 8.93. The average molecular weight is 174 g/mol. The maximum Gasteiger partial charge on any atom is 0.313 e. The lowest BCUT2D eigenvalue weighted by molar-refractivity contribution is 0.283. The fourth-order valence-corrected chi connectivity index (χ4v) is 0. The summed E-state index contributed by atoms with van der Waals surface area (Å²) in [6.45, 7) is -0.221. The highest BCUT2D eigenvalue weighted by molar-refractivity contribution is 8.46. The van der Waals surface area contributed by atoms with Crippen LogP contribution in [0.15, 0.2) is 0 Å². The lowest BCUT2D eigenvalue weighted by Crippen LogP contribution is -2.16. The van der Waals surface area contributed by atoms with E-state index in [1.165, 1.54) is 0 Å². The minimum absolute atomic E-state index is 0.221. The van der Waals surface area contributed by atoms with E-state index in [1.807, 2.05) is 0 Å². The second-order valence-corrected chi connectivity index (χ2v) is 4.28. The van der Waals surface area contributed by atoms with Crippen LogP contribution in [0, 0.1) is 0 Å². The molecule has 0 rings (SSSR count). The van der Waals surface area contributed by atoms with E-state index in [0.29, 0.717) is 0 Å². The van der Waals surface area contributed by atoms with E-state index in [4.69, 9.17) is 0 Å². The van der Waals surface area contributed by atoms with Crippen molar-refractivity contribution in [2.24, 2.45) is 0 Å². The van der Waals surface area contributed by atoms with Crippen LogP contribution in [-0.4, -0.2) is 5.50 Å². The molecule has 0 aromatic carbocycles. The zero-order valence-corrected chi connectivity index (χ0v) is 5.07. The Labute approximate surface area is 47.6 Å². The summed E-state index contributed by atoms with van der Waals surface area (Å²) in [7, 11) is -9.78. The van der Waals surface area contributed by atoms with Crippen molar-refractivity contribution in [3.05, 3.63) is 0 Å². The summed E-state index contributed by atoms with van der Waals surface area (Å²) in [4.78, 5) is 0. The van der Waals surface area contributed by atoms with Gasteiger partial charge in [-0.1, -0.05) is 19.4 Å². The fourth-order valence-electron chi connectivity index (χ4n) is 0. The van der Waals surface area contributed by atoms with Crippen LogP contribution in [0.1, 0.15) is 6.92 Å². The van der Waals surface area contributed by atoms with Crippen LogP contribution in [0.25, 0.3) is 0 Å². The van der Waals surface area contributed by atoms with Gasteiger partial charge in [0.2, 0.25) is 5.50 Å². The molecule has 0 aromatic heterocycles. The van der Waals surface area contributed by atoms with Gasteiger partial charge in [-0.2, -0.15) is 0 Å². The average Bonchev–Trinajstić information content (AvgIpc) is 1.24. The van der Waals surface area contributed by atoms with Gasteiger partial charge in [0, 0.05) is 0 Å². The SMILES string of the molecule is CC(F)S(F)(F)(F)(F)F. The van der Waals surface area contributed by atoms with Crippen LogP contribution in [-0.2, 0) is 0 Å². The highest BCUT2D eigenvalue weighted by Gasteiger charge is 2.69. The molecule has 0 saturated carbocycles. The van der Waals surface area contributed by atoms with E-state index >= 15 is 0 Å². The van der Waals surface area contributed by atoms with Crippen molar-refractivity contribution in [1.29, 1.82) is 0 Å². The highest BCUT2D eigenvalue weighted by Crippen LogP contribution is 3.00. The summed E-state index contributed by atoms with van der Waals surface area (Å²) >= 11 is 0. The fraction of sp³-hybridized carbons (Fsp3) is 1.00. The summed E-state index contributed by atoms with van der Waals surface area (Å²) in [6.07, 6.45) is 0. The highest BCUT2D eigenvalue weighted by atomic mass is 32.5. The predicted molar refractivity (Wildman–Crippen MR) is 23.7 cm³/mol. The maximum absolute atomic E-state index is 11.2. The largest absolute Gasteiger partial charge is 0.313 e. The van der Waals surface area contributed by atoms with Crippen molar-refractivity contribution in [1.82, 2.24) is 0 Å². The third-order valence-corrected chi connectivity index (χ3v) is 1.84. The van der Waals surface area contributed by atoms with Crippen LogP contribution < -0.4 is 0 Å². The van der Waals surface area contributed by atoms with Crippen molar-refractivity contribution in [2.75, 3.05) is 0 Å². The number of halogens is 6. The normalized spacial score (nSPS) is 24.3. The summed E-state index contributed by atoms with van der Waals surface area (Å²) in [5, 5.41) is 0. The monoisotopic (exact) mass is 174 g/mol. The molecule has 0 bridgehead atoms. The molecule has 0 heterocycles. The minimum atomic E-state index is -9.78. The quantitative estimate of drug-likeness (QED) is 0.533. The second-order valence-electron chi connectivity index (χ2n) is 1.57. The first-order valence-corrected chi connectivity index (χ1v) is 3.82. The van der Waals surface area contributed by atoms with Gasteiger partial charge in [0.15, 0.2) is 0 Å². The molecule has 7 heteroatoms.